The van der Waals surface area contributed by atoms with Crippen LogP contribution in [0, 0.1) is 0 Å². The first-order chi connectivity index (χ1) is 21.6. The molecular formula is C33H31N5O5S. The fraction of sp³-hybridized carbons (Fsp3) is 0.152. The summed E-state index contributed by atoms with van der Waals surface area (Å²) in [6, 6.07) is 30.4. The van der Waals surface area contributed by atoms with Crippen LogP contribution in [0.15, 0.2) is 107 Å². The van der Waals surface area contributed by atoms with Gasteiger partial charge in [-0.1, -0.05) is 42.1 Å². The number of amides is 1. The predicted octanol–water partition coefficient (Wildman–Crippen LogP) is 5.78. The molecule has 1 amide bonds. The van der Waals surface area contributed by atoms with Gasteiger partial charge in [-0.3, -0.25) is 9.36 Å². The molecule has 0 fully saturated rings. The highest BCUT2D eigenvalue weighted by Gasteiger charge is 2.18. The van der Waals surface area contributed by atoms with Gasteiger partial charge in [0.05, 0.1) is 33.3 Å². The van der Waals surface area contributed by atoms with Crippen LogP contribution in [0.1, 0.15) is 11.1 Å². The Hall–Kier alpha value is -5.29. The van der Waals surface area contributed by atoms with E-state index in [0.717, 1.165) is 33.9 Å². The molecule has 11 heteroatoms. The summed E-state index contributed by atoms with van der Waals surface area (Å²) in [5.74, 6) is 3.05. The molecule has 1 aromatic heterocycles. The van der Waals surface area contributed by atoms with E-state index < -0.39 is 0 Å². The number of hydrogen-bond acceptors (Lipinski definition) is 9. The van der Waals surface area contributed by atoms with Gasteiger partial charge in [-0.05, 0) is 77.9 Å². The average molecular weight is 610 g/mol. The Kier molecular flexibility index (Phi) is 10.1. The first kappa shape index (κ1) is 30.2. The molecule has 0 aliphatic carbocycles. The number of hydrogen-bond donors (Lipinski definition) is 1. The zero-order chi connectivity index (χ0) is 30.7. The summed E-state index contributed by atoms with van der Waals surface area (Å²) in [6.07, 6.45) is 1.55. The number of nitrogens with one attached hydrogen (secondary N) is 1. The highest BCUT2D eigenvalue weighted by Crippen LogP contribution is 2.30. The van der Waals surface area contributed by atoms with Crippen molar-refractivity contribution >= 4 is 23.9 Å². The lowest BCUT2D eigenvalue weighted by Gasteiger charge is -2.11. The lowest BCUT2D eigenvalue weighted by Crippen LogP contribution is -2.20. The summed E-state index contributed by atoms with van der Waals surface area (Å²) in [6.45, 7) is 0.423. The molecular weight excluding hydrogens is 578 g/mol. The topological polar surface area (TPSA) is 109 Å². The normalized spacial score (nSPS) is 10.9. The maximum Gasteiger partial charge on any atom is 0.250 e. The molecule has 10 nitrogen and oxygen atoms in total. The summed E-state index contributed by atoms with van der Waals surface area (Å²) in [5.41, 5.74) is 6.05. The molecule has 0 atom stereocenters. The van der Waals surface area contributed by atoms with Crippen molar-refractivity contribution in [3.05, 3.63) is 108 Å². The second-order valence-corrected chi connectivity index (χ2v) is 10.3. The maximum absolute atomic E-state index is 12.7. The van der Waals surface area contributed by atoms with Crippen LogP contribution in [0.3, 0.4) is 0 Å². The highest BCUT2D eigenvalue weighted by atomic mass is 32.2. The predicted molar refractivity (Wildman–Crippen MR) is 170 cm³/mol. The van der Waals surface area contributed by atoms with Crippen molar-refractivity contribution in [3.63, 3.8) is 0 Å². The SMILES string of the molecule is COc1ccc(-c2nnc(SCC(=O)NN=Cc3ccc(OCc4ccccc4)c(OC)c3)n2-c2ccc(OC)cc2)cc1. The van der Waals surface area contributed by atoms with E-state index in [1.165, 1.54) is 11.8 Å². The molecule has 224 valence electrons. The number of thioether (sulfide) groups is 1. The zero-order valence-electron chi connectivity index (χ0n) is 24.5. The quantitative estimate of drug-likeness (QED) is 0.102. The number of aromatic nitrogens is 3. The summed E-state index contributed by atoms with van der Waals surface area (Å²) < 4.78 is 23.9. The first-order valence-electron chi connectivity index (χ1n) is 13.6. The van der Waals surface area contributed by atoms with E-state index in [9.17, 15) is 4.79 Å². The summed E-state index contributed by atoms with van der Waals surface area (Å²) in [4.78, 5) is 12.7. The lowest BCUT2D eigenvalue weighted by molar-refractivity contribution is -0.118. The van der Waals surface area contributed by atoms with E-state index in [0.29, 0.717) is 29.1 Å². The third-order valence-electron chi connectivity index (χ3n) is 6.47. The van der Waals surface area contributed by atoms with Crippen LogP contribution in [0.25, 0.3) is 17.1 Å². The molecule has 1 N–H and O–H groups in total. The van der Waals surface area contributed by atoms with E-state index in [4.69, 9.17) is 18.9 Å². The molecule has 0 spiro atoms. The van der Waals surface area contributed by atoms with E-state index in [1.807, 2.05) is 95.6 Å². The largest absolute Gasteiger partial charge is 0.497 e. The molecule has 5 aromatic rings. The second kappa shape index (κ2) is 14.7. The number of nitrogens with zero attached hydrogens (tertiary/aromatic N) is 4. The van der Waals surface area contributed by atoms with Gasteiger partial charge in [0.25, 0.3) is 5.91 Å². The van der Waals surface area contributed by atoms with Crippen molar-refractivity contribution < 1.29 is 23.7 Å². The van der Waals surface area contributed by atoms with Crippen LogP contribution >= 0.6 is 11.8 Å². The van der Waals surface area contributed by atoms with Crippen LogP contribution in [0.4, 0.5) is 0 Å². The van der Waals surface area contributed by atoms with E-state index >= 15 is 0 Å². The number of carbonyl (C=O) groups excluding carboxylic acids is 1. The Bertz CT molecular complexity index is 1710. The van der Waals surface area contributed by atoms with Crippen LogP contribution in [-0.2, 0) is 11.4 Å². The van der Waals surface area contributed by atoms with E-state index in [-0.39, 0.29) is 11.7 Å². The maximum atomic E-state index is 12.7. The third-order valence-corrected chi connectivity index (χ3v) is 7.40. The van der Waals surface area contributed by atoms with Gasteiger partial charge in [0.1, 0.15) is 18.1 Å². The number of ether oxygens (including phenoxy) is 4. The Morgan fingerprint density at radius 2 is 1.55 bits per heavy atom. The molecule has 0 unspecified atom stereocenters. The van der Waals surface area contributed by atoms with Gasteiger partial charge in [0.15, 0.2) is 22.5 Å². The monoisotopic (exact) mass is 609 g/mol. The Labute approximate surface area is 259 Å². The van der Waals surface area contributed by atoms with Crippen molar-refractivity contribution in [3.8, 4) is 40.1 Å². The number of carbonyl (C=O) groups is 1. The lowest BCUT2D eigenvalue weighted by atomic mass is 10.2. The molecule has 4 aromatic carbocycles. The van der Waals surface area contributed by atoms with Crippen molar-refractivity contribution in [1.29, 1.82) is 0 Å². The number of rotatable bonds is 13. The van der Waals surface area contributed by atoms with Gasteiger partial charge >= 0.3 is 0 Å². The minimum atomic E-state index is -0.295. The Morgan fingerprint density at radius 1 is 0.841 bits per heavy atom. The van der Waals surface area contributed by atoms with E-state index in [2.05, 4.69) is 20.7 Å². The third kappa shape index (κ3) is 7.56. The molecule has 1 heterocycles. The molecule has 0 aliphatic rings. The highest BCUT2D eigenvalue weighted by molar-refractivity contribution is 7.99. The number of methoxy groups -OCH3 is 3. The van der Waals surface area contributed by atoms with Gasteiger partial charge in [0.2, 0.25) is 0 Å². The van der Waals surface area contributed by atoms with Gasteiger partial charge in [-0.2, -0.15) is 5.10 Å². The summed E-state index contributed by atoms with van der Waals surface area (Å²) in [5, 5.41) is 13.5. The van der Waals surface area contributed by atoms with Gasteiger partial charge in [0, 0.05) is 11.3 Å². The minimum Gasteiger partial charge on any atom is -0.497 e. The molecule has 0 aliphatic heterocycles. The molecule has 44 heavy (non-hydrogen) atoms. The molecule has 5 rings (SSSR count). The Morgan fingerprint density at radius 3 is 2.23 bits per heavy atom. The first-order valence-corrected chi connectivity index (χ1v) is 14.6. The van der Waals surface area contributed by atoms with Gasteiger partial charge in [-0.25, -0.2) is 5.43 Å². The van der Waals surface area contributed by atoms with Crippen LogP contribution < -0.4 is 24.4 Å². The summed E-state index contributed by atoms with van der Waals surface area (Å²) >= 11 is 1.25. The average Bonchev–Trinajstić information content (AvgIpc) is 3.51. The minimum absolute atomic E-state index is 0.0732. The van der Waals surface area contributed by atoms with Crippen LogP contribution in [0.5, 0.6) is 23.0 Å². The zero-order valence-corrected chi connectivity index (χ0v) is 25.3. The van der Waals surface area contributed by atoms with Gasteiger partial charge in [-0.15, -0.1) is 10.2 Å². The van der Waals surface area contributed by atoms with Gasteiger partial charge < -0.3 is 18.9 Å². The molecule has 0 saturated heterocycles. The standard InChI is InChI=1S/C33H31N5O5S/c1-40-27-14-10-25(11-15-27)32-36-37-33(38(32)26-12-16-28(41-2)17-13-26)44-22-31(39)35-34-20-24-9-18-29(30(19-24)42-3)43-21-23-7-5-4-6-8-23/h4-20H,21-22H2,1-3H3,(H,35,39). The Balaban J connectivity index is 1.24. The van der Waals surface area contributed by atoms with Crippen molar-refractivity contribution in [2.24, 2.45) is 5.10 Å². The fourth-order valence-electron chi connectivity index (χ4n) is 4.21. The molecule has 0 radical (unpaired) electrons. The van der Waals surface area contributed by atoms with Crippen LogP contribution in [0.2, 0.25) is 0 Å². The van der Waals surface area contributed by atoms with Crippen LogP contribution in [-0.4, -0.2) is 54.0 Å². The molecule has 0 saturated carbocycles. The molecule has 0 bridgehead atoms. The summed E-state index contributed by atoms with van der Waals surface area (Å²) in [7, 11) is 4.82. The van der Waals surface area contributed by atoms with E-state index in [1.54, 1.807) is 33.6 Å². The van der Waals surface area contributed by atoms with Crippen molar-refractivity contribution in [1.82, 2.24) is 20.2 Å². The second-order valence-electron chi connectivity index (χ2n) is 9.33. The van der Waals surface area contributed by atoms with Crippen molar-refractivity contribution in [2.75, 3.05) is 27.1 Å². The number of benzene rings is 4. The number of hydrazone groups is 1. The fourth-order valence-corrected chi connectivity index (χ4v) is 4.96. The smallest absolute Gasteiger partial charge is 0.250 e. The van der Waals surface area contributed by atoms with Crippen molar-refractivity contribution in [2.45, 2.75) is 11.8 Å².